The molecule has 0 aliphatic heterocycles. The molecule has 0 aromatic heterocycles. The molecule has 1 aliphatic rings. The number of nitrogens with zero attached hydrogens (tertiary/aromatic N) is 1. The lowest BCUT2D eigenvalue weighted by Crippen LogP contribution is -2.40. The Morgan fingerprint density at radius 2 is 2.11 bits per heavy atom. The van der Waals surface area contributed by atoms with Gasteiger partial charge in [0, 0.05) is 31.0 Å². The molecule has 0 unspecified atom stereocenters. The number of methoxy groups -OCH3 is 2. The highest BCUT2D eigenvalue weighted by molar-refractivity contribution is 5.58. The van der Waals surface area contributed by atoms with Gasteiger partial charge in [-0.25, -0.2) is 0 Å². The number of hydrogen-bond donors (Lipinski definition) is 1. The first-order chi connectivity index (χ1) is 8.63. The number of nitro groups is 1. The minimum absolute atomic E-state index is 0.0218. The SMILES string of the molecule is COc1cc(NC2CC(OC)C2)ccc1[N+](=O)[O-]. The van der Waals surface area contributed by atoms with E-state index < -0.39 is 4.92 Å². The van der Waals surface area contributed by atoms with Crippen molar-refractivity contribution < 1.29 is 14.4 Å². The molecule has 2 rings (SSSR count). The first-order valence-corrected chi connectivity index (χ1v) is 5.75. The van der Waals surface area contributed by atoms with Gasteiger partial charge in [-0.15, -0.1) is 0 Å². The number of benzene rings is 1. The molecular weight excluding hydrogens is 236 g/mol. The number of rotatable bonds is 5. The highest BCUT2D eigenvalue weighted by Crippen LogP contribution is 2.32. The zero-order valence-electron chi connectivity index (χ0n) is 10.4. The third-order valence-electron chi connectivity index (χ3n) is 3.18. The predicted molar refractivity (Wildman–Crippen MR) is 67.1 cm³/mol. The highest BCUT2D eigenvalue weighted by atomic mass is 16.6. The lowest BCUT2D eigenvalue weighted by atomic mass is 9.89. The van der Waals surface area contributed by atoms with E-state index in [1.165, 1.54) is 13.2 Å². The molecule has 0 spiro atoms. The summed E-state index contributed by atoms with van der Waals surface area (Å²) in [5, 5.41) is 14.1. The van der Waals surface area contributed by atoms with E-state index in [0.717, 1.165) is 18.5 Å². The fraction of sp³-hybridized carbons (Fsp3) is 0.500. The Morgan fingerprint density at radius 3 is 2.67 bits per heavy atom. The van der Waals surface area contributed by atoms with Crippen molar-refractivity contribution in [1.82, 2.24) is 0 Å². The lowest BCUT2D eigenvalue weighted by molar-refractivity contribution is -0.385. The van der Waals surface area contributed by atoms with Crippen LogP contribution in [0.3, 0.4) is 0 Å². The molecule has 1 saturated carbocycles. The third kappa shape index (κ3) is 2.53. The van der Waals surface area contributed by atoms with Crippen LogP contribution in [0.4, 0.5) is 11.4 Å². The average molecular weight is 252 g/mol. The monoisotopic (exact) mass is 252 g/mol. The molecule has 98 valence electrons. The summed E-state index contributed by atoms with van der Waals surface area (Å²) in [6.07, 6.45) is 2.23. The van der Waals surface area contributed by atoms with Gasteiger partial charge in [0.25, 0.3) is 0 Å². The van der Waals surface area contributed by atoms with Crippen LogP contribution in [0.1, 0.15) is 12.8 Å². The van der Waals surface area contributed by atoms with Crippen LogP contribution >= 0.6 is 0 Å². The van der Waals surface area contributed by atoms with Gasteiger partial charge < -0.3 is 14.8 Å². The summed E-state index contributed by atoms with van der Waals surface area (Å²) in [7, 11) is 3.13. The molecule has 0 radical (unpaired) electrons. The van der Waals surface area contributed by atoms with Crippen LogP contribution in [-0.2, 0) is 4.74 Å². The van der Waals surface area contributed by atoms with Crippen LogP contribution in [0.5, 0.6) is 5.75 Å². The summed E-state index contributed by atoms with van der Waals surface area (Å²) in [5.74, 6) is 0.271. The van der Waals surface area contributed by atoms with Gasteiger partial charge in [0.2, 0.25) is 0 Å². The molecule has 0 heterocycles. The lowest BCUT2D eigenvalue weighted by Gasteiger charge is -2.35. The molecular formula is C12H16N2O4. The van der Waals surface area contributed by atoms with Crippen molar-refractivity contribution in [3.8, 4) is 5.75 Å². The zero-order chi connectivity index (χ0) is 13.1. The Balaban J connectivity index is 2.04. The maximum absolute atomic E-state index is 10.8. The molecule has 0 saturated heterocycles. The maximum Gasteiger partial charge on any atom is 0.311 e. The predicted octanol–water partition coefficient (Wildman–Crippen LogP) is 2.19. The van der Waals surface area contributed by atoms with E-state index >= 15 is 0 Å². The largest absolute Gasteiger partial charge is 0.490 e. The van der Waals surface area contributed by atoms with Gasteiger partial charge in [0.15, 0.2) is 5.75 Å². The number of nitro benzene ring substituents is 1. The first-order valence-electron chi connectivity index (χ1n) is 5.75. The Labute approximate surface area is 105 Å². The molecule has 18 heavy (non-hydrogen) atoms. The number of hydrogen-bond acceptors (Lipinski definition) is 5. The quantitative estimate of drug-likeness (QED) is 0.642. The summed E-state index contributed by atoms with van der Waals surface area (Å²) in [6.45, 7) is 0. The second-order valence-electron chi connectivity index (χ2n) is 4.31. The minimum atomic E-state index is -0.451. The third-order valence-corrected chi connectivity index (χ3v) is 3.18. The summed E-state index contributed by atoms with van der Waals surface area (Å²) in [4.78, 5) is 10.3. The Morgan fingerprint density at radius 1 is 1.39 bits per heavy atom. The maximum atomic E-state index is 10.8. The van der Waals surface area contributed by atoms with Crippen LogP contribution in [0.2, 0.25) is 0 Å². The van der Waals surface area contributed by atoms with Crippen LogP contribution in [-0.4, -0.2) is 31.3 Å². The van der Waals surface area contributed by atoms with E-state index in [-0.39, 0.29) is 11.4 Å². The fourth-order valence-electron chi connectivity index (χ4n) is 2.03. The Kier molecular flexibility index (Phi) is 3.66. The van der Waals surface area contributed by atoms with Gasteiger partial charge in [0.05, 0.1) is 18.1 Å². The van der Waals surface area contributed by atoms with Crippen molar-refractivity contribution in [3.05, 3.63) is 28.3 Å². The molecule has 1 aromatic carbocycles. The second-order valence-corrected chi connectivity index (χ2v) is 4.31. The van der Waals surface area contributed by atoms with E-state index in [1.54, 1.807) is 19.2 Å². The zero-order valence-corrected chi connectivity index (χ0v) is 10.4. The highest BCUT2D eigenvalue weighted by Gasteiger charge is 2.29. The average Bonchev–Trinajstić information content (AvgIpc) is 2.32. The van der Waals surface area contributed by atoms with Gasteiger partial charge in [0.1, 0.15) is 0 Å². The molecule has 1 aliphatic carbocycles. The molecule has 0 atom stereocenters. The van der Waals surface area contributed by atoms with E-state index in [4.69, 9.17) is 9.47 Å². The second kappa shape index (κ2) is 5.22. The normalized spacial score (nSPS) is 22.1. The molecule has 1 fully saturated rings. The minimum Gasteiger partial charge on any atom is -0.490 e. The summed E-state index contributed by atoms with van der Waals surface area (Å²) in [5.41, 5.74) is 0.809. The van der Waals surface area contributed by atoms with Crippen molar-refractivity contribution in [2.75, 3.05) is 19.5 Å². The Bertz CT molecular complexity index is 444. The van der Waals surface area contributed by atoms with Gasteiger partial charge in [-0.1, -0.05) is 0 Å². The van der Waals surface area contributed by atoms with Crippen LogP contribution in [0.25, 0.3) is 0 Å². The van der Waals surface area contributed by atoms with E-state index in [0.29, 0.717) is 12.1 Å². The van der Waals surface area contributed by atoms with Crippen molar-refractivity contribution >= 4 is 11.4 Å². The number of nitrogens with one attached hydrogen (secondary N) is 1. The summed E-state index contributed by atoms with van der Waals surface area (Å²) >= 11 is 0. The summed E-state index contributed by atoms with van der Waals surface area (Å²) < 4.78 is 10.2. The van der Waals surface area contributed by atoms with Crippen molar-refractivity contribution in [3.63, 3.8) is 0 Å². The first kappa shape index (κ1) is 12.6. The smallest absolute Gasteiger partial charge is 0.311 e. The number of anilines is 1. The molecule has 6 nitrogen and oxygen atoms in total. The van der Waals surface area contributed by atoms with Crippen molar-refractivity contribution in [2.45, 2.75) is 25.0 Å². The molecule has 1 N–H and O–H groups in total. The van der Waals surface area contributed by atoms with Gasteiger partial charge in [-0.2, -0.15) is 0 Å². The van der Waals surface area contributed by atoms with E-state index in [2.05, 4.69) is 5.32 Å². The molecule has 0 bridgehead atoms. The van der Waals surface area contributed by atoms with Gasteiger partial charge in [-0.3, -0.25) is 10.1 Å². The van der Waals surface area contributed by atoms with Crippen LogP contribution in [0.15, 0.2) is 18.2 Å². The van der Waals surface area contributed by atoms with E-state index in [9.17, 15) is 10.1 Å². The molecule has 1 aromatic rings. The van der Waals surface area contributed by atoms with Crippen molar-refractivity contribution in [2.24, 2.45) is 0 Å². The van der Waals surface area contributed by atoms with Gasteiger partial charge in [-0.05, 0) is 18.9 Å². The summed E-state index contributed by atoms with van der Waals surface area (Å²) in [6, 6.07) is 5.16. The topological polar surface area (TPSA) is 73.6 Å². The van der Waals surface area contributed by atoms with Crippen LogP contribution in [0, 0.1) is 10.1 Å². The van der Waals surface area contributed by atoms with Crippen LogP contribution < -0.4 is 10.1 Å². The molecule has 0 amide bonds. The molecule has 6 heteroatoms. The Hall–Kier alpha value is -1.82. The fourth-order valence-corrected chi connectivity index (χ4v) is 2.03. The standard InChI is InChI=1S/C12H16N2O4/c1-17-10-5-9(6-10)13-8-3-4-11(14(15)16)12(7-8)18-2/h3-4,7,9-10,13H,5-6H2,1-2H3. The number of ether oxygens (including phenoxy) is 2. The van der Waals surface area contributed by atoms with E-state index in [1.807, 2.05) is 0 Å². The van der Waals surface area contributed by atoms with Gasteiger partial charge >= 0.3 is 5.69 Å². The van der Waals surface area contributed by atoms with Crippen molar-refractivity contribution in [1.29, 1.82) is 0 Å².